The number of hydrogen-bond acceptors (Lipinski definition) is 3. The number of nitrogens with one attached hydrogen (secondary N) is 2. The highest BCUT2D eigenvalue weighted by Crippen LogP contribution is 2.30. The fourth-order valence-corrected chi connectivity index (χ4v) is 3.90. The van der Waals surface area contributed by atoms with Crippen molar-refractivity contribution in [1.82, 2.24) is 14.9 Å². The van der Waals surface area contributed by atoms with Crippen molar-refractivity contribution >= 4 is 40.0 Å². The third kappa shape index (κ3) is 7.18. The van der Waals surface area contributed by atoms with E-state index in [9.17, 15) is 30.4 Å². The Labute approximate surface area is 189 Å². The van der Waals surface area contributed by atoms with Gasteiger partial charge < -0.3 is 10.6 Å². The Bertz CT molecular complexity index is 828. The molecule has 0 bridgehead atoms. The van der Waals surface area contributed by atoms with Gasteiger partial charge in [0, 0.05) is 31.7 Å². The van der Waals surface area contributed by atoms with Gasteiger partial charge in [0.25, 0.3) is 0 Å². The van der Waals surface area contributed by atoms with Crippen LogP contribution in [0.15, 0.2) is 23.2 Å². The Morgan fingerprint density at radius 2 is 1.83 bits per heavy atom. The van der Waals surface area contributed by atoms with Crippen LogP contribution in [0, 0.1) is 17.6 Å². The highest BCUT2D eigenvalue weighted by molar-refractivity contribution is 14.0. The van der Waals surface area contributed by atoms with Crippen LogP contribution in [0.1, 0.15) is 25.3 Å². The predicted octanol–water partition coefficient (Wildman–Crippen LogP) is 3.20. The van der Waals surface area contributed by atoms with E-state index < -0.39 is 27.2 Å². The van der Waals surface area contributed by atoms with Crippen molar-refractivity contribution in [2.45, 2.75) is 31.8 Å². The number of sulfonamides is 1. The first-order chi connectivity index (χ1) is 13.5. The van der Waals surface area contributed by atoms with Crippen LogP contribution in [0.25, 0.3) is 0 Å². The number of piperidine rings is 1. The fraction of sp³-hybridized carbons (Fsp3) is 0.588. The molecule has 13 heteroatoms. The summed E-state index contributed by atoms with van der Waals surface area (Å²) in [5.74, 6) is -0.856. The molecule has 0 saturated carbocycles. The second kappa shape index (κ2) is 11.4. The zero-order valence-corrected chi connectivity index (χ0v) is 19.3. The average molecular weight is 570 g/mol. The minimum absolute atomic E-state index is 0. The first-order valence-electron chi connectivity index (χ1n) is 9.07. The molecule has 1 aromatic carbocycles. The van der Waals surface area contributed by atoms with E-state index in [0.29, 0.717) is 23.4 Å². The quantitative estimate of drug-likeness (QED) is 0.239. The van der Waals surface area contributed by atoms with E-state index >= 15 is 0 Å². The van der Waals surface area contributed by atoms with Crippen LogP contribution in [-0.4, -0.2) is 50.4 Å². The maximum Gasteiger partial charge on any atom is 0.511 e. The van der Waals surface area contributed by atoms with Gasteiger partial charge in [0.1, 0.15) is 11.6 Å². The number of guanidine groups is 1. The summed E-state index contributed by atoms with van der Waals surface area (Å²) in [4.78, 5) is 4.19. The molecule has 0 amide bonds. The van der Waals surface area contributed by atoms with Crippen molar-refractivity contribution in [3.05, 3.63) is 35.4 Å². The molecule has 0 unspecified atom stereocenters. The Morgan fingerprint density at radius 1 is 1.20 bits per heavy atom. The van der Waals surface area contributed by atoms with Gasteiger partial charge >= 0.3 is 15.5 Å². The zero-order chi connectivity index (χ0) is 21.7. The molecule has 1 aliphatic heterocycles. The third-order valence-corrected chi connectivity index (χ3v) is 6.15. The van der Waals surface area contributed by atoms with Gasteiger partial charge in [-0.1, -0.05) is 0 Å². The molecule has 6 nitrogen and oxygen atoms in total. The first-order valence-corrected chi connectivity index (χ1v) is 10.5. The Hall–Kier alpha value is -1.22. The number of halogens is 6. The summed E-state index contributed by atoms with van der Waals surface area (Å²) < 4.78 is 88.1. The van der Waals surface area contributed by atoms with Crippen LogP contribution < -0.4 is 10.6 Å². The van der Waals surface area contributed by atoms with Crippen LogP contribution in [0.5, 0.6) is 0 Å². The molecule has 172 valence electrons. The van der Waals surface area contributed by atoms with E-state index in [-0.39, 0.29) is 67.9 Å². The topological polar surface area (TPSA) is 73.8 Å². The average Bonchev–Trinajstić information content (AvgIpc) is 2.66. The van der Waals surface area contributed by atoms with Gasteiger partial charge in [-0.15, -0.1) is 24.0 Å². The third-order valence-electron chi connectivity index (χ3n) is 4.52. The molecule has 30 heavy (non-hydrogen) atoms. The Morgan fingerprint density at radius 3 is 2.40 bits per heavy atom. The monoisotopic (exact) mass is 570 g/mol. The van der Waals surface area contributed by atoms with E-state index in [1.807, 2.05) is 6.92 Å². The molecular weight excluding hydrogens is 546 g/mol. The number of nitrogens with zero attached hydrogens (tertiary/aromatic N) is 2. The molecular formula is C17H24F5IN4O2S. The summed E-state index contributed by atoms with van der Waals surface area (Å²) in [5.41, 5.74) is -5.21. The molecule has 0 aliphatic carbocycles. The predicted molar refractivity (Wildman–Crippen MR) is 114 cm³/mol. The molecule has 1 fully saturated rings. The second-order valence-electron chi connectivity index (χ2n) is 6.60. The van der Waals surface area contributed by atoms with E-state index in [1.165, 1.54) is 0 Å². The smallest absolute Gasteiger partial charge is 0.357 e. The van der Waals surface area contributed by atoms with Crippen molar-refractivity contribution < 1.29 is 30.4 Å². The van der Waals surface area contributed by atoms with Gasteiger partial charge in [-0.3, -0.25) is 0 Å². The number of benzene rings is 1. The van der Waals surface area contributed by atoms with Crippen molar-refractivity contribution in [3.63, 3.8) is 0 Å². The number of aliphatic imine (C=N–C) groups is 1. The summed E-state index contributed by atoms with van der Waals surface area (Å²) >= 11 is 0. The summed E-state index contributed by atoms with van der Waals surface area (Å²) in [6.07, 6.45) is 0.528. The first kappa shape index (κ1) is 26.8. The van der Waals surface area contributed by atoms with Gasteiger partial charge in [-0.2, -0.15) is 17.5 Å². The lowest BCUT2D eigenvalue weighted by atomic mass is 9.98. The summed E-state index contributed by atoms with van der Waals surface area (Å²) in [6, 6.07) is 3.08. The highest BCUT2D eigenvalue weighted by atomic mass is 127. The van der Waals surface area contributed by atoms with Crippen molar-refractivity contribution in [1.29, 1.82) is 0 Å². The summed E-state index contributed by atoms with van der Waals surface area (Å²) in [5, 5.41) is 5.96. The van der Waals surface area contributed by atoms with Crippen LogP contribution in [-0.2, 0) is 16.6 Å². The molecule has 2 N–H and O–H groups in total. The SMILES string of the molecule is CCNC(=NCc1cc(F)ccc1F)NCC1CCN(S(=O)(=O)C(F)(F)F)CC1.I. The molecule has 0 spiro atoms. The number of alkyl halides is 3. The minimum atomic E-state index is -5.30. The van der Waals surface area contributed by atoms with Crippen LogP contribution in [0.2, 0.25) is 0 Å². The molecule has 1 aliphatic rings. The standard InChI is InChI=1S/C17H23F5N4O2S.HI/c1-2-23-16(25-11-13-9-14(18)3-4-15(13)19)24-10-12-5-7-26(8-6-12)29(27,28)17(20,21)22;/h3-4,9,12H,2,5-8,10-11H2,1H3,(H2,23,24,25);1H. The summed E-state index contributed by atoms with van der Waals surface area (Å²) in [7, 11) is -5.30. The Balaban J connectivity index is 0.00000450. The van der Waals surface area contributed by atoms with E-state index in [4.69, 9.17) is 0 Å². The van der Waals surface area contributed by atoms with Gasteiger partial charge in [0.2, 0.25) is 0 Å². The van der Waals surface area contributed by atoms with Crippen molar-refractivity contribution in [3.8, 4) is 0 Å². The molecule has 0 radical (unpaired) electrons. The Kier molecular flexibility index (Phi) is 10.2. The fourth-order valence-electron chi connectivity index (χ4n) is 2.91. The molecule has 0 atom stereocenters. The van der Waals surface area contributed by atoms with Crippen LogP contribution in [0.3, 0.4) is 0 Å². The highest BCUT2D eigenvalue weighted by Gasteiger charge is 2.50. The van der Waals surface area contributed by atoms with Gasteiger partial charge in [0.15, 0.2) is 5.96 Å². The number of rotatable bonds is 6. The summed E-state index contributed by atoms with van der Waals surface area (Å²) in [6.45, 7) is 2.17. The maximum atomic E-state index is 13.7. The van der Waals surface area contributed by atoms with Crippen LogP contribution in [0.4, 0.5) is 22.0 Å². The lowest BCUT2D eigenvalue weighted by Crippen LogP contribution is -2.47. The lowest BCUT2D eigenvalue weighted by Gasteiger charge is -2.31. The second-order valence-corrected chi connectivity index (χ2v) is 8.53. The lowest BCUT2D eigenvalue weighted by molar-refractivity contribution is -0.0496. The largest absolute Gasteiger partial charge is 0.511 e. The van der Waals surface area contributed by atoms with Gasteiger partial charge in [0.05, 0.1) is 6.54 Å². The molecule has 0 aromatic heterocycles. The van der Waals surface area contributed by atoms with Gasteiger partial charge in [-0.25, -0.2) is 22.2 Å². The zero-order valence-electron chi connectivity index (χ0n) is 16.2. The van der Waals surface area contributed by atoms with Crippen molar-refractivity contribution in [2.75, 3.05) is 26.2 Å². The van der Waals surface area contributed by atoms with E-state index in [2.05, 4.69) is 15.6 Å². The van der Waals surface area contributed by atoms with Crippen LogP contribution >= 0.6 is 24.0 Å². The van der Waals surface area contributed by atoms with Crippen molar-refractivity contribution in [2.24, 2.45) is 10.9 Å². The normalized spacial score (nSPS) is 16.8. The molecule has 2 rings (SSSR count). The number of hydrogen-bond donors (Lipinski definition) is 2. The maximum absolute atomic E-state index is 13.7. The minimum Gasteiger partial charge on any atom is -0.357 e. The van der Waals surface area contributed by atoms with E-state index in [0.717, 1.165) is 18.2 Å². The molecule has 1 aromatic rings. The molecule has 1 heterocycles. The van der Waals surface area contributed by atoms with E-state index in [1.54, 1.807) is 0 Å². The molecule has 1 saturated heterocycles. The van der Waals surface area contributed by atoms with Gasteiger partial charge in [-0.05, 0) is 43.9 Å².